The number of benzene rings is 2. The van der Waals surface area contributed by atoms with E-state index in [9.17, 15) is 0 Å². The summed E-state index contributed by atoms with van der Waals surface area (Å²) >= 11 is 6.04. The molecule has 4 rings (SSSR count). The van der Waals surface area contributed by atoms with E-state index in [4.69, 9.17) is 17.3 Å². The molecule has 5 nitrogen and oxygen atoms in total. The van der Waals surface area contributed by atoms with Gasteiger partial charge in [-0.25, -0.2) is 0 Å². The van der Waals surface area contributed by atoms with Crippen LogP contribution in [0.4, 0.5) is 11.4 Å². The van der Waals surface area contributed by atoms with Gasteiger partial charge in [-0.1, -0.05) is 43.6 Å². The highest BCUT2D eigenvalue weighted by molar-refractivity contribution is 6.31. The number of hydrogen-bond acceptors (Lipinski definition) is 5. The first-order valence-corrected chi connectivity index (χ1v) is 12.0. The Balaban J connectivity index is 0.000000231. The van der Waals surface area contributed by atoms with Gasteiger partial charge in [0, 0.05) is 45.6 Å². The van der Waals surface area contributed by atoms with Crippen molar-refractivity contribution in [2.24, 2.45) is 0 Å². The van der Waals surface area contributed by atoms with Crippen LogP contribution in [0.3, 0.4) is 0 Å². The Morgan fingerprint density at radius 3 is 2.42 bits per heavy atom. The second-order valence-electron chi connectivity index (χ2n) is 8.15. The Labute approximate surface area is 202 Å². The fraction of sp³-hybridized carbons (Fsp3) is 0.333. The topological polar surface area (TPSA) is 67.1 Å². The molecule has 2 aromatic carbocycles. The summed E-state index contributed by atoms with van der Waals surface area (Å²) in [6.45, 7) is 10.1. The summed E-state index contributed by atoms with van der Waals surface area (Å²) in [5, 5.41) is 6.49. The summed E-state index contributed by atoms with van der Waals surface area (Å²) in [4.78, 5) is 11.0. The summed E-state index contributed by atoms with van der Waals surface area (Å²) in [5.41, 5.74) is 9.53. The van der Waals surface area contributed by atoms with Gasteiger partial charge in [0.15, 0.2) is 0 Å². The number of nitrogen functional groups attached to an aromatic ring is 1. The highest BCUT2D eigenvalue weighted by Crippen LogP contribution is 2.25. The van der Waals surface area contributed by atoms with E-state index < -0.39 is 0 Å². The Kier molecular flexibility index (Phi) is 9.28. The van der Waals surface area contributed by atoms with Gasteiger partial charge in [0.25, 0.3) is 0 Å². The number of rotatable bonds is 8. The molecule has 174 valence electrons. The highest BCUT2D eigenvalue weighted by atomic mass is 35.5. The largest absolute Gasteiger partial charge is 0.398 e. The number of nitrogens with one attached hydrogen (secondary N) is 1. The molecule has 3 N–H and O–H groups in total. The van der Waals surface area contributed by atoms with Crippen LogP contribution in [0, 0.1) is 0 Å². The Hall–Kier alpha value is -2.89. The van der Waals surface area contributed by atoms with Crippen molar-refractivity contribution in [3.8, 4) is 0 Å². The first-order chi connectivity index (χ1) is 16.0. The van der Waals surface area contributed by atoms with E-state index in [1.807, 2.05) is 60.8 Å². The molecule has 0 saturated carbocycles. The molecule has 0 spiro atoms. The van der Waals surface area contributed by atoms with Crippen molar-refractivity contribution in [1.82, 2.24) is 14.9 Å². The van der Waals surface area contributed by atoms with Crippen LogP contribution in [0.15, 0.2) is 67.0 Å². The molecule has 4 aromatic rings. The summed E-state index contributed by atoms with van der Waals surface area (Å²) in [6.07, 6.45) is 5.93. The van der Waals surface area contributed by atoms with Crippen LogP contribution in [-0.4, -0.2) is 40.5 Å². The van der Waals surface area contributed by atoms with E-state index in [0.29, 0.717) is 6.04 Å². The summed E-state index contributed by atoms with van der Waals surface area (Å²) in [6, 6.07) is 18.0. The van der Waals surface area contributed by atoms with Crippen molar-refractivity contribution in [1.29, 1.82) is 0 Å². The number of halogens is 1. The van der Waals surface area contributed by atoms with Crippen LogP contribution in [0.5, 0.6) is 0 Å². The molecule has 1 unspecified atom stereocenters. The normalized spacial score (nSPS) is 11.9. The van der Waals surface area contributed by atoms with Crippen molar-refractivity contribution in [3.63, 3.8) is 0 Å². The average Bonchev–Trinajstić information content (AvgIpc) is 2.83. The van der Waals surface area contributed by atoms with Crippen LogP contribution in [0.25, 0.3) is 21.8 Å². The predicted octanol–water partition coefficient (Wildman–Crippen LogP) is 6.63. The van der Waals surface area contributed by atoms with Crippen molar-refractivity contribution in [3.05, 3.63) is 72.0 Å². The Morgan fingerprint density at radius 2 is 1.67 bits per heavy atom. The molecular weight excluding hydrogens is 430 g/mol. The zero-order valence-electron chi connectivity index (χ0n) is 19.8. The molecular formula is C27H34ClN5. The Bertz CT molecular complexity index is 1150. The van der Waals surface area contributed by atoms with Gasteiger partial charge in [0.2, 0.25) is 0 Å². The number of aromatic nitrogens is 2. The van der Waals surface area contributed by atoms with Crippen LogP contribution in [0.2, 0.25) is 5.02 Å². The second kappa shape index (κ2) is 12.4. The third kappa shape index (κ3) is 7.04. The minimum atomic E-state index is 0.442. The fourth-order valence-electron chi connectivity index (χ4n) is 3.86. The van der Waals surface area contributed by atoms with Crippen molar-refractivity contribution in [2.75, 3.05) is 30.7 Å². The summed E-state index contributed by atoms with van der Waals surface area (Å²) < 4.78 is 0. The van der Waals surface area contributed by atoms with Crippen LogP contribution >= 0.6 is 11.6 Å². The number of hydrogen-bond donors (Lipinski definition) is 2. The number of nitrogens with two attached hydrogens (primary N) is 1. The smallest absolute Gasteiger partial charge is 0.0737 e. The SMILES string of the molecule is CCN(CC)CCCC(C)Nc1ccnc2cc(Cl)ccc12.Nc1ccnc2ccccc12. The lowest BCUT2D eigenvalue weighted by Crippen LogP contribution is -2.25. The quantitative estimate of drug-likeness (QED) is 0.307. The molecule has 0 radical (unpaired) electrons. The molecule has 0 aliphatic rings. The molecule has 2 heterocycles. The highest BCUT2D eigenvalue weighted by Gasteiger charge is 2.07. The van der Waals surface area contributed by atoms with E-state index in [1.54, 1.807) is 6.20 Å². The number of pyridine rings is 2. The summed E-state index contributed by atoms with van der Waals surface area (Å²) in [5.74, 6) is 0. The molecule has 0 saturated heterocycles. The maximum Gasteiger partial charge on any atom is 0.0737 e. The van der Waals surface area contributed by atoms with Gasteiger partial charge < -0.3 is 16.0 Å². The summed E-state index contributed by atoms with van der Waals surface area (Å²) in [7, 11) is 0. The van der Waals surface area contributed by atoms with Gasteiger partial charge in [-0.15, -0.1) is 0 Å². The monoisotopic (exact) mass is 463 g/mol. The average molecular weight is 464 g/mol. The van der Waals surface area contributed by atoms with Gasteiger partial charge in [-0.3, -0.25) is 9.97 Å². The van der Waals surface area contributed by atoms with E-state index >= 15 is 0 Å². The predicted molar refractivity (Wildman–Crippen MR) is 143 cm³/mol. The van der Waals surface area contributed by atoms with Crippen molar-refractivity contribution < 1.29 is 0 Å². The zero-order valence-corrected chi connectivity index (χ0v) is 20.5. The lowest BCUT2D eigenvalue weighted by Gasteiger charge is -2.20. The van der Waals surface area contributed by atoms with E-state index in [0.717, 1.165) is 57.7 Å². The standard InChI is InChI=1S/C18H26ClN3.C9H8N2/c1-4-22(5-2)12-6-7-14(3)21-17-10-11-20-18-13-15(19)8-9-16(17)18;10-8-5-6-11-9-4-2-1-3-7(8)9/h8-11,13-14H,4-7,12H2,1-3H3,(H,20,21);1-6H,(H2,10,11). The van der Waals surface area contributed by atoms with Gasteiger partial charge in [0.05, 0.1) is 11.0 Å². The number of anilines is 2. The van der Waals surface area contributed by atoms with Crippen LogP contribution in [-0.2, 0) is 0 Å². The van der Waals surface area contributed by atoms with Crippen LogP contribution < -0.4 is 11.1 Å². The minimum Gasteiger partial charge on any atom is -0.398 e. The van der Waals surface area contributed by atoms with Gasteiger partial charge >= 0.3 is 0 Å². The number of fused-ring (bicyclic) bond motifs is 2. The fourth-order valence-corrected chi connectivity index (χ4v) is 4.03. The maximum atomic E-state index is 6.04. The van der Waals surface area contributed by atoms with Crippen LogP contribution in [0.1, 0.15) is 33.6 Å². The van der Waals surface area contributed by atoms with E-state index in [2.05, 4.69) is 41.0 Å². The molecule has 2 aromatic heterocycles. The number of para-hydroxylation sites is 1. The first-order valence-electron chi connectivity index (χ1n) is 11.6. The molecule has 0 fully saturated rings. The number of nitrogens with zero attached hydrogens (tertiary/aromatic N) is 3. The lowest BCUT2D eigenvalue weighted by molar-refractivity contribution is 0.295. The third-order valence-electron chi connectivity index (χ3n) is 5.80. The van der Waals surface area contributed by atoms with Crippen molar-refractivity contribution in [2.45, 2.75) is 39.7 Å². The molecule has 0 aliphatic carbocycles. The molecule has 0 amide bonds. The minimum absolute atomic E-state index is 0.442. The molecule has 1 atom stereocenters. The second-order valence-corrected chi connectivity index (χ2v) is 8.59. The van der Waals surface area contributed by atoms with Gasteiger partial charge in [0.1, 0.15) is 0 Å². The molecule has 0 aliphatic heterocycles. The third-order valence-corrected chi connectivity index (χ3v) is 6.03. The first kappa shape index (κ1) is 24.7. The van der Waals surface area contributed by atoms with Gasteiger partial charge in [-0.05, 0) is 75.8 Å². The molecule has 6 heteroatoms. The lowest BCUT2D eigenvalue weighted by atomic mass is 10.1. The zero-order chi connectivity index (χ0) is 23.6. The van der Waals surface area contributed by atoms with Crippen molar-refractivity contribution >= 4 is 44.8 Å². The maximum absolute atomic E-state index is 6.04. The molecule has 0 bridgehead atoms. The molecule has 33 heavy (non-hydrogen) atoms. The van der Waals surface area contributed by atoms with E-state index in [1.165, 1.54) is 13.0 Å². The van der Waals surface area contributed by atoms with Gasteiger partial charge in [-0.2, -0.15) is 0 Å². The Morgan fingerprint density at radius 1 is 0.939 bits per heavy atom. The van der Waals surface area contributed by atoms with E-state index in [-0.39, 0.29) is 0 Å².